The summed E-state index contributed by atoms with van der Waals surface area (Å²) in [5.41, 5.74) is 2.70. The highest BCUT2D eigenvalue weighted by molar-refractivity contribution is 7.98. The van der Waals surface area contributed by atoms with Crippen LogP contribution in [0.2, 0.25) is 0 Å². The number of amides is 1. The zero-order valence-electron chi connectivity index (χ0n) is 18.3. The molecule has 0 N–H and O–H groups in total. The maximum absolute atomic E-state index is 13.5. The molecule has 0 aliphatic carbocycles. The number of piperazine rings is 1. The van der Waals surface area contributed by atoms with E-state index in [1.807, 2.05) is 23.1 Å². The molecule has 3 heterocycles. The fourth-order valence-corrected chi connectivity index (χ4v) is 4.63. The Morgan fingerprint density at radius 1 is 0.882 bits per heavy atom. The van der Waals surface area contributed by atoms with Gasteiger partial charge in [0.25, 0.3) is 5.91 Å². The molecular formula is C24H22FN7OS. The molecule has 2 aromatic carbocycles. The summed E-state index contributed by atoms with van der Waals surface area (Å²) in [6.45, 7) is 2.66. The molecule has 10 heteroatoms. The van der Waals surface area contributed by atoms with Gasteiger partial charge in [-0.3, -0.25) is 4.79 Å². The van der Waals surface area contributed by atoms with Crippen LogP contribution in [-0.2, 0) is 5.75 Å². The van der Waals surface area contributed by atoms with E-state index in [1.165, 1.54) is 23.9 Å². The highest BCUT2D eigenvalue weighted by Crippen LogP contribution is 2.24. The summed E-state index contributed by atoms with van der Waals surface area (Å²) >= 11 is 1.39. The Morgan fingerprint density at radius 2 is 1.59 bits per heavy atom. The molecule has 4 aromatic rings. The van der Waals surface area contributed by atoms with Crippen LogP contribution in [0.15, 0.2) is 78.2 Å². The first-order valence-corrected chi connectivity index (χ1v) is 11.9. The normalized spacial score (nSPS) is 13.8. The highest BCUT2D eigenvalue weighted by atomic mass is 32.2. The van der Waals surface area contributed by atoms with Crippen LogP contribution >= 0.6 is 11.8 Å². The molecule has 0 spiro atoms. The molecule has 0 radical (unpaired) electrons. The maximum Gasteiger partial charge on any atom is 0.276 e. The van der Waals surface area contributed by atoms with E-state index in [0.717, 1.165) is 18.8 Å². The molecular weight excluding hydrogens is 453 g/mol. The number of thioether (sulfide) groups is 1. The summed E-state index contributed by atoms with van der Waals surface area (Å²) < 4.78 is 15.1. The molecule has 0 unspecified atom stereocenters. The zero-order valence-corrected chi connectivity index (χ0v) is 19.1. The molecule has 5 rings (SSSR count). The molecule has 1 fully saturated rings. The number of para-hydroxylation sites is 1. The molecule has 172 valence electrons. The van der Waals surface area contributed by atoms with Gasteiger partial charge in [-0.15, -0.1) is 5.10 Å². The van der Waals surface area contributed by atoms with Gasteiger partial charge >= 0.3 is 0 Å². The number of hydrogen-bond acceptors (Lipinski definition) is 7. The summed E-state index contributed by atoms with van der Waals surface area (Å²) in [6.07, 6.45) is 3.34. The van der Waals surface area contributed by atoms with E-state index < -0.39 is 0 Å². The van der Waals surface area contributed by atoms with Crippen molar-refractivity contribution >= 4 is 23.4 Å². The first-order chi connectivity index (χ1) is 16.7. The van der Waals surface area contributed by atoms with Gasteiger partial charge in [-0.05, 0) is 42.5 Å². The lowest BCUT2D eigenvalue weighted by atomic mass is 10.2. The third kappa shape index (κ3) is 4.76. The summed E-state index contributed by atoms with van der Waals surface area (Å²) in [5.74, 6) is -0.116. The lowest BCUT2D eigenvalue weighted by molar-refractivity contribution is 0.0740. The summed E-state index contributed by atoms with van der Waals surface area (Å²) in [6, 6.07) is 17.9. The third-order valence-electron chi connectivity index (χ3n) is 5.61. The van der Waals surface area contributed by atoms with Crippen molar-refractivity contribution in [2.24, 2.45) is 0 Å². The minimum Gasteiger partial charge on any atom is -0.368 e. The standard InChI is InChI=1S/C24H22FN7OS/c25-18-7-9-20(10-8-18)32-21(17-34-24-26-11-4-12-27-24)22(28-29-32)23(33)31-15-13-30(14-16-31)19-5-2-1-3-6-19/h1-12H,13-17H2. The van der Waals surface area contributed by atoms with Gasteiger partial charge in [0.1, 0.15) is 5.82 Å². The van der Waals surface area contributed by atoms with Crippen molar-refractivity contribution in [2.75, 3.05) is 31.1 Å². The van der Waals surface area contributed by atoms with Crippen molar-refractivity contribution in [1.29, 1.82) is 0 Å². The molecule has 0 saturated carbocycles. The van der Waals surface area contributed by atoms with Crippen LogP contribution in [0.5, 0.6) is 0 Å². The topological polar surface area (TPSA) is 80.0 Å². The van der Waals surface area contributed by atoms with Crippen molar-refractivity contribution in [3.05, 3.63) is 90.3 Å². The average Bonchev–Trinajstić information content (AvgIpc) is 3.32. The molecule has 0 atom stereocenters. The van der Waals surface area contributed by atoms with Gasteiger partial charge in [-0.1, -0.05) is 35.2 Å². The number of halogens is 1. The second-order valence-electron chi connectivity index (χ2n) is 7.71. The van der Waals surface area contributed by atoms with Crippen molar-refractivity contribution in [3.63, 3.8) is 0 Å². The Kier molecular flexibility index (Phi) is 6.48. The molecule has 2 aromatic heterocycles. The van der Waals surface area contributed by atoms with E-state index in [1.54, 1.807) is 35.3 Å². The number of aromatic nitrogens is 5. The van der Waals surface area contributed by atoms with E-state index in [2.05, 4.69) is 37.3 Å². The number of carbonyl (C=O) groups excluding carboxylic acids is 1. The van der Waals surface area contributed by atoms with Crippen molar-refractivity contribution in [1.82, 2.24) is 29.9 Å². The fourth-order valence-electron chi connectivity index (χ4n) is 3.84. The largest absolute Gasteiger partial charge is 0.368 e. The van der Waals surface area contributed by atoms with Crippen molar-refractivity contribution in [2.45, 2.75) is 10.9 Å². The third-order valence-corrected chi connectivity index (χ3v) is 6.49. The maximum atomic E-state index is 13.5. The Morgan fingerprint density at radius 3 is 2.29 bits per heavy atom. The van der Waals surface area contributed by atoms with Gasteiger partial charge in [0.2, 0.25) is 0 Å². The monoisotopic (exact) mass is 475 g/mol. The second kappa shape index (κ2) is 10.0. The van der Waals surface area contributed by atoms with Gasteiger partial charge in [-0.2, -0.15) is 0 Å². The molecule has 1 aliphatic rings. The molecule has 34 heavy (non-hydrogen) atoms. The van der Waals surface area contributed by atoms with Gasteiger partial charge in [0, 0.05) is 50.0 Å². The van der Waals surface area contributed by atoms with E-state index in [0.29, 0.717) is 41.1 Å². The van der Waals surface area contributed by atoms with E-state index >= 15 is 0 Å². The van der Waals surface area contributed by atoms with Gasteiger partial charge < -0.3 is 9.80 Å². The predicted molar refractivity (Wildman–Crippen MR) is 127 cm³/mol. The summed E-state index contributed by atoms with van der Waals surface area (Å²) in [4.78, 5) is 26.0. The molecule has 1 amide bonds. The first-order valence-electron chi connectivity index (χ1n) is 10.9. The molecule has 0 bridgehead atoms. The van der Waals surface area contributed by atoms with Crippen LogP contribution in [0.25, 0.3) is 5.69 Å². The van der Waals surface area contributed by atoms with E-state index in [4.69, 9.17) is 0 Å². The summed E-state index contributed by atoms with van der Waals surface area (Å²) in [7, 11) is 0. The summed E-state index contributed by atoms with van der Waals surface area (Å²) in [5, 5.41) is 9.07. The van der Waals surface area contributed by atoms with Crippen LogP contribution in [0.1, 0.15) is 16.2 Å². The second-order valence-corrected chi connectivity index (χ2v) is 8.65. The van der Waals surface area contributed by atoms with Crippen LogP contribution in [0.3, 0.4) is 0 Å². The number of nitrogens with zero attached hydrogens (tertiary/aromatic N) is 7. The number of hydrogen-bond donors (Lipinski definition) is 0. The first kappa shape index (κ1) is 22.0. The minimum atomic E-state index is -0.343. The number of benzene rings is 2. The average molecular weight is 476 g/mol. The number of carbonyl (C=O) groups is 1. The molecule has 1 saturated heterocycles. The van der Waals surface area contributed by atoms with Gasteiger partial charge in [-0.25, -0.2) is 19.0 Å². The van der Waals surface area contributed by atoms with Gasteiger partial charge in [0.05, 0.1) is 11.4 Å². The number of anilines is 1. The zero-order chi connectivity index (χ0) is 23.3. The van der Waals surface area contributed by atoms with Crippen LogP contribution < -0.4 is 4.90 Å². The van der Waals surface area contributed by atoms with Crippen LogP contribution in [0.4, 0.5) is 10.1 Å². The van der Waals surface area contributed by atoms with Crippen LogP contribution in [-0.4, -0.2) is 61.9 Å². The van der Waals surface area contributed by atoms with E-state index in [-0.39, 0.29) is 11.7 Å². The quantitative estimate of drug-likeness (QED) is 0.312. The predicted octanol–water partition coefficient (Wildman–Crippen LogP) is 3.45. The van der Waals surface area contributed by atoms with Crippen LogP contribution in [0, 0.1) is 5.82 Å². The Balaban J connectivity index is 1.38. The minimum absolute atomic E-state index is 0.161. The Labute approximate surface area is 200 Å². The Bertz CT molecular complexity index is 1240. The Hall–Kier alpha value is -3.79. The SMILES string of the molecule is O=C(c1nnn(-c2ccc(F)cc2)c1CSc1ncccn1)N1CCN(c2ccccc2)CC1. The van der Waals surface area contributed by atoms with Crippen molar-refractivity contribution < 1.29 is 9.18 Å². The lowest BCUT2D eigenvalue weighted by Gasteiger charge is -2.35. The smallest absolute Gasteiger partial charge is 0.276 e. The highest BCUT2D eigenvalue weighted by Gasteiger charge is 2.28. The lowest BCUT2D eigenvalue weighted by Crippen LogP contribution is -2.49. The van der Waals surface area contributed by atoms with Gasteiger partial charge in [0.15, 0.2) is 10.9 Å². The molecule has 1 aliphatic heterocycles. The number of rotatable bonds is 6. The van der Waals surface area contributed by atoms with E-state index in [9.17, 15) is 9.18 Å². The fraction of sp³-hybridized carbons (Fsp3) is 0.208. The molecule has 8 nitrogen and oxygen atoms in total. The van der Waals surface area contributed by atoms with Crippen molar-refractivity contribution in [3.8, 4) is 5.69 Å².